The van der Waals surface area contributed by atoms with Crippen LogP contribution in [0.25, 0.3) is 5.65 Å². The largest absolute Gasteiger partial charge is 0.338 e. The van der Waals surface area contributed by atoms with Crippen LogP contribution in [-0.2, 0) is 0 Å². The number of likely N-dealkylation sites (tertiary alicyclic amines) is 1. The SMILES string of the molecule is CCNCC1CCN(C(=O)c2c(C)nn3c(C)cc(C)nc23)CC1. The summed E-state index contributed by atoms with van der Waals surface area (Å²) in [6.07, 6.45) is 2.12. The summed E-state index contributed by atoms with van der Waals surface area (Å²) in [5, 5.41) is 7.93. The standard InChI is InChI=1S/C18H27N5O/c1-5-19-11-15-6-8-22(9-7-15)18(24)16-14(4)21-23-13(3)10-12(2)20-17(16)23/h10,15,19H,5-9,11H2,1-4H3. The van der Waals surface area contributed by atoms with Crippen LogP contribution >= 0.6 is 0 Å². The van der Waals surface area contributed by atoms with Gasteiger partial charge in [0.15, 0.2) is 5.65 Å². The van der Waals surface area contributed by atoms with Crippen molar-refractivity contribution in [3.8, 4) is 0 Å². The minimum atomic E-state index is 0.0712. The minimum absolute atomic E-state index is 0.0712. The van der Waals surface area contributed by atoms with E-state index in [1.165, 1.54) is 0 Å². The van der Waals surface area contributed by atoms with Crippen LogP contribution in [0.4, 0.5) is 0 Å². The van der Waals surface area contributed by atoms with E-state index in [-0.39, 0.29) is 5.91 Å². The maximum absolute atomic E-state index is 13.1. The van der Waals surface area contributed by atoms with Gasteiger partial charge in [0, 0.05) is 24.5 Å². The Balaban J connectivity index is 1.81. The Bertz CT molecular complexity index is 743. The van der Waals surface area contributed by atoms with E-state index < -0.39 is 0 Å². The number of amides is 1. The molecule has 1 aliphatic rings. The van der Waals surface area contributed by atoms with Gasteiger partial charge in [-0.1, -0.05) is 6.92 Å². The molecule has 130 valence electrons. The van der Waals surface area contributed by atoms with Crippen LogP contribution in [-0.4, -0.2) is 51.6 Å². The van der Waals surface area contributed by atoms with E-state index in [0.717, 1.165) is 56.1 Å². The van der Waals surface area contributed by atoms with Crippen LogP contribution in [0, 0.1) is 26.7 Å². The predicted octanol–water partition coefficient (Wildman–Crippen LogP) is 2.12. The number of hydrogen-bond donors (Lipinski definition) is 1. The van der Waals surface area contributed by atoms with E-state index in [2.05, 4.69) is 22.3 Å². The summed E-state index contributed by atoms with van der Waals surface area (Å²) in [6, 6.07) is 1.99. The Hall–Kier alpha value is -1.95. The maximum atomic E-state index is 13.1. The summed E-state index contributed by atoms with van der Waals surface area (Å²) < 4.78 is 1.79. The first kappa shape index (κ1) is 16.9. The van der Waals surface area contributed by atoms with Gasteiger partial charge in [-0.2, -0.15) is 5.10 Å². The van der Waals surface area contributed by atoms with E-state index in [9.17, 15) is 4.79 Å². The molecule has 0 bridgehead atoms. The number of aromatic nitrogens is 3. The molecular formula is C18H27N5O. The van der Waals surface area contributed by atoms with Gasteiger partial charge in [0.1, 0.15) is 5.56 Å². The van der Waals surface area contributed by atoms with Crippen molar-refractivity contribution < 1.29 is 4.79 Å². The van der Waals surface area contributed by atoms with E-state index >= 15 is 0 Å². The van der Waals surface area contributed by atoms with Crippen molar-refractivity contribution in [2.24, 2.45) is 5.92 Å². The summed E-state index contributed by atoms with van der Waals surface area (Å²) in [5.41, 5.74) is 4.02. The summed E-state index contributed by atoms with van der Waals surface area (Å²) in [5.74, 6) is 0.739. The van der Waals surface area contributed by atoms with Crippen LogP contribution in [0.1, 0.15) is 47.2 Å². The second-order valence-electron chi connectivity index (χ2n) is 6.78. The molecule has 0 spiro atoms. The number of aryl methyl sites for hydroxylation is 3. The molecule has 2 aromatic heterocycles. The molecule has 1 fully saturated rings. The Morgan fingerprint density at radius 2 is 2.00 bits per heavy atom. The molecule has 0 radical (unpaired) electrons. The highest BCUT2D eigenvalue weighted by Crippen LogP contribution is 2.22. The molecule has 0 atom stereocenters. The Morgan fingerprint density at radius 3 is 2.67 bits per heavy atom. The molecule has 3 heterocycles. The van der Waals surface area contributed by atoms with Crippen molar-refractivity contribution in [3.05, 3.63) is 28.7 Å². The number of piperidine rings is 1. The van der Waals surface area contributed by atoms with Gasteiger partial charge < -0.3 is 10.2 Å². The van der Waals surface area contributed by atoms with Gasteiger partial charge in [0.25, 0.3) is 5.91 Å². The van der Waals surface area contributed by atoms with Crippen LogP contribution < -0.4 is 5.32 Å². The number of rotatable bonds is 4. The highest BCUT2D eigenvalue weighted by Gasteiger charge is 2.28. The minimum Gasteiger partial charge on any atom is -0.338 e. The van der Waals surface area contributed by atoms with E-state index in [1.54, 1.807) is 4.52 Å². The zero-order valence-corrected chi connectivity index (χ0v) is 15.1. The number of nitrogens with zero attached hydrogens (tertiary/aromatic N) is 4. The third-order valence-corrected chi connectivity index (χ3v) is 4.87. The van der Waals surface area contributed by atoms with E-state index in [1.807, 2.05) is 31.7 Å². The smallest absolute Gasteiger partial charge is 0.259 e. The number of nitrogens with one attached hydrogen (secondary N) is 1. The molecule has 1 aliphatic heterocycles. The normalized spacial score (nSPS) is 16.1. The van der Waals surface area contributed by atoms with Crippen molar-refractivity contribution >= 4 is 11.6 Å². The first-order chi connectivity index (χ1) is 11.5. The quantitative estimate of drug-likeness (QED) is 0.933. The Morgan fingerprint density at radius 1 is 1.29 bits per heavy atom. The molecule has 0 unspecified atom stereocenters. The van der Waals surface area contributed by atoms with Gasteiger partial charge in [-0.3, -0.25) is 4.79 Å². The van der Waals surface area contributed by atoms with Gasteiger partial charge in [-0.05, 0) is 58.7 Å². The monoisotopic (exact) mass is 329 g/mol. The van der Waals surface area contributed by atoms with Crippen LogP contribution in [0.15, 0.2) is 6.07 Å². The van der Waals surface area contributed by atoms with Crippen molar-refractivity contribution in [3.63, 3.8) is 0 Å². The summed E-state index contributed by atoms with van der Waals surface area (Å²) in [6.45, 7) is 11.7. The summed E-state index contributed by atoms with van der Waals surface area (Å²) >= 11 is 0. The predicted molar refractivity (Wildman–Crippen MR) is 94.4 cm³/mol. The Kier molecular flexibility index (Phi) is 4.85. The van der Waals surface area contributed by atoms with E-state index in [4.69, 9.17) is 0 Å². The fraction of sp³-hybridized carbons (Fsp3) is 0.611. The third-order valence-electron chi connectivity index (χ3n) is 4.87. The molecule has 2 aromatic rings. The summed E-state index contributed by atoms with van der Waals surface area (Å²) in [4.78, 5) is 19.6. The van der Waals surface area contributed by atoms with Gasteiger partial charge in [-0.25, -0.2) is 9.50 Å². The lowest BCUT2D eigenvalue weighted by Gasteiger charge is -2.32. The second-order valence-corrected chi connectivity index (χ2v) is 6.78. The van der Waals surface area contributed by atoms with Crippen molar-refractivity contribution in [2.45, 2.75) is 40.5 Å². The molecule has 1 N–H and O–H groups in total. The number of carbonyl (C=O) groups excluding carboxylic acids is 1. The van der Waals surface area contributed by atoms with Gasteiger partial charge in [-0.15, -0.1) is 0 Å². The van der Waals surface area contributed by atoms with Crippen LogP contribution in [0.3, 0.4) is 0 Å². The van der Waals surface area contributed by atoms with Gasteiger partial charge in [0.05, 0.1) is 5.69 Å². The van der Waals surface area contributed by atoms with Gasteiger partial charge >= 0.3 is 0 Å². The van der Waals surface area contributed by atoms with Gasteiger partial charge in [0.2, 0.25) is 0 Å². The molecule has 1 amide bonds. The molecule has 6 heteroatoms. The first-order valence-corrected chi connectivity index (χ1v) is 8.84. The molecule has 0 saturated carbocycles. The molecular weight excluding hydrogens is 302 g/mol. The molecule has 6 nitrogen and oxygen atoms in total. The fourth-order valence-electron chi connectivity index (χ4n) is 3.52. The van der Waals surface area contributed by atoms with E-state index in [0.29, 0.717) is 17.1 Å². The topological polar surface area (TPSA) is 62.5 Å². The fourth-order valence-corrected chi connectivity index (χ4v) is 3.52. The van der Waals surface area contributed by atoms with Crippen LogP contribution in [0.2, 0.25) is 0 Å². The number of hydrogen-bond acceptors (Lipinski definition) is 4. The average molecular weight is 329 g/mol. The Labute approximate surface area is 143 Å². The molecule has 3 rings (SSSR count). The van der Waals surface area contributed by atoms with Crippen LogP contribution in [0.5, 0.6) is 0 Å². The average Bonchev–Trinajstić information content (AvgIpc) is 2.89. The maximum Gasteiger partial charge on any atom is 0.259 e. The summed E-state index contributed by atoms with van der Waals surface area (Å²) in [7, 11) is 0. The lowest BCUT2D eigenvalue weighted by molar-refractivity contribution is 0.0691. The third kappa shape index (κ3) is 3.15. The second kappa shape index (κ2) is 6.89. The zero-order valence-electron chi connectivity index (χ0n) is 15.1. The molecule has 24 heavy (non-hydrogen) atoms. The zero-order chi connectivity index (χ0) is 17.3. The number of fused-ring (bicyclic) bond motifs is 1. The number of carbonyl (C=O) groups is 1. The molecule has 1 saturated heterocycles. The van der Waals surface area contributed by atoms with Crippen molar-refractivity contribution in [2.75, 3.05) is 26.2 Å². The first-order valence-electron chi connectivity index (χ1n) is 8.84. The lowest BCUT2D eigenvalue weighted by Crippen LogP contribution is -2.41. The van der Waals surface area contributed by atoms with Crippen molar-refractivity contribution in [1.29, 1.82) is 0 Å². The molecule has 0 aliphatic carbocycles. The van der Waals surface area contributed by atoms with Crippen molar-refractivity contribution in [1.82, 2.24) is 24.8 Å². The lowest BCUT2D eigenvalue weighted by atomic mass is 9.96. The highest BCUT2D eigenvalue weighted by atomic mass is 16.2. The molecule has 0 aromatic carbocycles. The highest BCUT2D eigenvalue weighted by molar-refractivity contribution is 6.01.